The number of nitrogens with zero attached hydrogens (tertiary/aromatic N) is 3. The van der Waals surface area contributed by atoms with Crippen LogP contribution in [0.25, 0.3) is 0 Å². The second-order valence-electron chi connectivity index (χ2n) is 13.3. The van der Waals surface area contributed by atoms with Crippen LogP contribution in [-0.2, 0) is 19.8 Å². The van der Waals surface area contributed by atoms with E-state index < -0.39 is 16.9 Å². The molecule has 1 spiro atoms. The molecule has 1 saturated heterocycles. The SMILES string of the molecule is CC(C)C(C1=NO[C@@H](C(=O)N2C3CC4CCC3(C(=O)N2c2ccccc2)C4(C)C)C1)(c1ccccc1)c1ccccc1. The molecule has 0 N–H and O–H groups in total. The molecule has 3 aromatic rings. The van der Waals surface area contributed by atoms with Crippen molar-refractivity contribution in [3.8, 4) is 0 Å². The normalized spacial score (nSPS) is 27.8. The molecule has 3 unspecified atom stereocenters. The molecule has 6 heteroatoms. The smallest absolute Gasteiger partial charge is 0.286 e. The quantitative estimate of drug-likeness (QED) is 0.334. The fraction of sp³-hybridized carbons (Fsp3) is 0.417. The zero-order valence-corrected chi connectivity index (χ0v) is 24.9. The molecule has 6 nitrogen and oxygen atoms in total. The van der Waals surface area contributed by atoms with Crippen molar-refractivity contribution in [3.05, 3.63) is 102 Å². The lowest BCUT2D eigenvalue weighted by Crippen LogP contribution is -2.52. The van der Waals surface area contributed by atoms with Crippen LogP contribution < -0.4 is 5.01 Å². The van der Waals surface area contributed by atoms with E-state index in [4.69, 9.17) is 9.99 Å². The van der Waals surface area contributed by atoms with Gasteiger partial charge < -0.3 is 4.84 Å². The highest BCUT2D eigenvalue weighted by Crippen LogP contribution is 2.70. The number of carbonyl (C=O) groups is 2. The van der Waals surface area contributed by atoms with Gasteiger partial charge in [0, 0.05) is 6.42 Å². The first-order valence-electron chi connectivity index (χ1n) is 15.3. The molecular weight excluding hydrogens is 522 g/mol. The highest BCUT2D eigenvalue weighted by molar-refractivity contribution is 6.07. The second kappa shape index (κ2) is 9.55. The minimum Gasteiger partial charge on any atom is -0.382 e. The van der Waals surface area contributed by atoms with E-state index in [9.17, 15) is 9.59 Å². The van der Waals surface area contributed by atoms with Crippen LogP contribution in [0, 0.1) is 22.7 Å². The van der Waals surface area contributed by atoms with Gasteiger partial charge in [0.05, 0.1) is 28.3 Å². The van der Waals surface area contributed by atoms with Gasteiger partial charge in [-0.25, -0.2) is 10.0 Å². The minimum absolute atomic E-state index is 0.0429. The van der Waals surface area contributed by atoms with E-state index in [2.05, 4.69) is 76.2 Å². The summed E-state index contributed by atoms with van der Waals surface area (Å²) >= 11 is 0. The van der Waals surface area contributed by atoms with Gasteiger partial charge in [-0.05, 0) is 59.8 Å². The van der Waals surface area contributed by atoms with E-state index >= 15 is 0 Å². The standard InChI is InChI=1S/C36H39N3O3/c1-24(2)36(25-14-8-5-9-15-25,26-16-10-6-11-17-26)30-23-29(42-37-30)32(40)39-31-22-27-20-21-35(31,34(27,3)4)33(41)38(39)28-18-12-7-13-19-28/h5-19,24,27,29,31H,20-23H2,1-4H3/t27?,29-,31?,35?/m1/s1. The maximum absolute atomic E-state index is 14.7. The summed E-state index contributed by atoms with van der Waals surface area (Å²) in [4.78, 5) is 35.2. The topological polar surface area (TPSA) is 62.2 Å². The Kier molecular flexibility index (Phi) is 6.12. The molecule has 2 amide bonds. The second-order valence-corrected chi connectivity index (χ2v) is 13.3. The van der Waals surface area contributed by atoms with Crippen LogP contribution >= 0.6 is 0 Å². The van der Waals surface area contributed by atoms with Crippen molar-refractivity contribution in [3.63, 3.8) is 0 Å². The molecule has 0 aromatic heterocycles. The fourth-order valence-electron chi connectivity index (χ4n) is 9.04. The maximum Gasteiger partial charge on any atom is 0.286 e. The van der Waals surface area contributed by atoms with Crippen molar-refractivity contribution >= 4 is 23.2 Å². The van der Waals surface area contributed by atoms with Gasteiger partial charge in [0.1, 0.15) is 0 Å². The van der Waals surface area contributed by atoms with Gasteiger partial charge in [-0.3, -0.25) is 9.59 Å². The maximum atomic E-state index is 14.7. The van der Waals surface area contributed by atoms with E-state index in [0.29, 0.717) is 12.3 Å². The van der Waals surface area contributed by atoms with Gasteiger partial charge in [-0.15, -0.1) is 0 Å². The van der Waals surface area contributed by atoms with Crippen molar-refractivity contribution in [2.45, 2.75) is 70.9 Å². The Morgan fingerprint density at radius 3 is 2.05 bits per heavy atom. The molecule has 0 radical (unpaired) electrons. The van der Waals surface area contributed by atoms with Gasteiger partial charge in [0.25, 0.3) is 11.8 Å². The number of amides is 2. The number of anilines is 1. The highest BCUT2D eigenvalue weighted by atomic mass is 16.6. The van der Waals surface area contributed by atoms with E-state index in [1.54, 1.807) is 10.0 Å². The Bertz CT molecular complexity index is 1500. The van der Waals surface area contributed by atoms with Crippen molar-refractivity contribution in [1.29, 1.82) is 0 Å². The van der Waals surface area contributed by atoms with Crippen molar-refractivity contribution < 1.29 is 14.4 Å². The van der Waals surface area contributed by atoms with Gasteiger partial charge in [0.2, 0.25) is 6.10 Å². The summed E-state index contributed by atoms with van der Waals surface area (Å²) in [7, 11) is 0. The largest absolute Gasteiger partial charge is 0.382 e. The lowest BCUT2D eigenvalue weighted by Gasteiger charge is -2.39. The number of hydrogen-bond acceptors (Lipinski definition) is 4. The van der Waals surface area contributed by atoms with Gasteiger partial charge in [0.15, 0.2) is 0 Å². The molecule has 2 saturated carbocycles. The number of oxime groups is 1. The minimum atomic E-state index is -0.804. The average Bonchev–Trinajstić information content (AvgIpc) is 3.72. The summed E-state index contributed by atoms with van der Waals surface area (Å²) in [5.41, 5.74) is 2.49. The number of hydrogen-bond donors (Lipinski definition) is 0. The predicted octanol–water partition coefficient (Wildman–Crippen LogP) is 6.76. The lowest BCUT2D eigenvalue weighted by atomic mass is 9.63. The molecule has 2 aliphatic heterocycles. The number of benzene rings is 3. The molecule has 3 aromatic carbocycles. The third-order valence-electron chi connectivity index (χ3n) is 11.2. The number of hydrazine groups is 1. The molecule has 2 aliphatic carbocycles. The van der Waals surface area contributed by atoms with Crippen LogP contribution in [0.1, 0.15) is 64.5 Å². The molecule has 4 aliphatic rings. The van der Waals surface area contributed by atoms with Crippen LogP contribution in [0.4, 0.5) is 5.69 Å². The Balaban J connectivity index is 1.28. The highest BCUT2D eigenvalue weighted by Gasteiger charge is 2.75. The van der Waals surface area contributed by atoms with Crippen LogP contribution in [-0.4, -0.2) is 34.7 Å². The molecule has 2 heterocycles. The Hall–Kier alpha value is -3.93. The zero-order valence-electron chi connectivity index (χ0n) is 24.9. The summed E-state index contributed by atoms with van der Waals surface area (Å²) < 4.78 is 0. The number of para-hydroxylation sites is 1. The summed E-state index contributed by atoms with van der Waals surface area (Å²) in [6.45, 7) is 8.86. The first-order valence-corrected chi connectivity index (χ1v) is 15.3. The van der Waals surface area contributed by atoms with Crippen LogP contribution in [0.5, 0.6) is 0 Å². The van der Waals surface area contributed by atoms with E-state index in [1.165, 1.54) is 0 Å². The Labute approximate surface area is 248 Å². The molecule has 2 bridgehead atoms. The summed E-state index contributed by atoms with van der Waals surface area (Å²) in [5.74, 6) is 0.416. The number of rotatable bonds is 6. The number of fused-ring (bicyclic) bond motifs is 1. The van der Waals surface area contributed by atoms with Crippen LogP contribution in [0.3, 0.4) is 0 Å². The molecule has 7 rings (SSSR count). The monoisotopic (exact) mass is 561 g/mol. The van der Waals surface area contributed by atoms with E-state index in [0.717, 1.165) is 41.8 Å². The molecule has 3 fully saturated rings. The predicted molar refractivity (Wildman–Crippen MR) is 164 cm³/mol. The summed E-state index contributed by atoms with van der Waals surface area (Å²) in [5, 5.41) is 8.14. The first-order chi connectivity index (χ1) is 20.2. The average molecular weight is 562 g/mol. The molecular formula is C36H39N3O3. The third kappa shape index (κ3) is 3.41. The Morgan fingerprint density at radius 1 is 0.929 bits per heavy atom. The fourth-order valence-corrected chi connectivity index (χ4v) is 9.04. The van der Waals surface area contributed by atoms with Gasteiger partial charge >= 0.3 is 0 Å². The van der Waals surface area contributed by atoms with Gasteiger partial charge in [-0.2, -0.15) is 0 Å². The third-order valence-corrected chi connectivity index (χ3v) is 11.2. The molecule has 4 atom stereocenters. The van der Waals surface area contributed by atoms with Crippen LogP contribution in [0.15, 0.2) is 96.2 Å². The van der Waals surface area contributed by atoms with Crippen molar-refractivity contribution in [1.82, 2.24) is 5.01 Å². The Morgan fingerprint density at radius 2 is 1.50 bits per heavy atom. The zero-order chi connectivity index (χ0) is 29.3. The van der Waals surface area contributed by atoms with E-state index in [-0.39, 0.29) is 29.2 Å². The lowest BCUT2D eigenvalue weighted by molar-refractivity contribution is -0.145. The van der Waals surface area contributed by atoms with Crippen molar-refractivity contribution in [2.24, 2.45) is 27.8 Å². The van der Waals surface area contributed by atoms with E-state index in [1.807, 2.05) is 42.5 Å². The summed E-state index contributed by atoms with van der Waals surface area (Å²) in [6.07, 6.45) is 2.23. The molecule has 42 heavy (non-hydrogen) atoms. The molecule has 216 valence electrons. The number of carbonyl (C=O) groups excluding carboxylic acids is 2. The van der Waals surface area contributed by atoms with Crippen LogP contribution in [0.2, 0.25) is 0 Å². The van der Waals surface area contributed by atoms with Crippen molar-refractivity contribution in [2.75, 3.05) is 5.01 Å². The first kappa shape index (κ1) is 26.9. The van der Waals surface area contributed by atoms with Gasteiger partial charge in [-0.1, -0.05) is 112 Å². The summed E-state index contributed by atoms with van der Waals surface area (Å²) in [6, 6.07) is 30.3.